The molecule has 0 aliphatic carbocycles. The number of ether oxygens (including phenoxy) is 1. The summed E-state index contributed by atoms with van der Waals surface area (Å²) in [7, 11) is -10.6. The Morgan fingerprint density at radius 2 is 1.95 bits per heavy atom. The van der Waals surface area contributed by atoms with Gasteiger partial charge in [0.05, 0.1) is 19.0 Å². The number of phosphoric ester groups is 1. The van der Waals surface area contributed by atoms with E-state index in [4.69, 9.17) is 20.3 Å². The molecule has 37 heavy (non-hydrogen) atoms. The first-order chi connectivity index (χ1) is 17.3. The van der Waals surface area contributed by atoms with Crippen molar-refractivity contribution in [1.29, 1.82) is 0 Å². The SMILES string of the molecule is Nc1nc2c(ncn2[C@@H]2O[C@H](COP(=O)(O)OP(=O)(O)O)[C@@H](CNC(=O)c3ccccc3)[C@H]2O)c(=O)[nH]1. The number of H-pyrrole nitrogens is 1. The van der Waals surface area contributed by atoms with Gasteiger partial charge in [-0.3, -0.25) is 23.7 Å². The summed E-state index contributed by atoms with van der Waals surface area (Å²) < 4.78 is 38.4. The number of phosphoric acid groups is 2. The second-order valence-electron chi connectivity index (χ2n) is 7.91. The van der Waals surface area contributed by atoms with E-state index in [2.05, 4.69) is 29.1 Å². The predicted octanol–water partition coefficient (Wildman–Crippen LogP) is -0.767. The number of hydrogen-bond acceptors (Lipinski definition) is 11. The van der Waals surface area contributed by atoms with E-state index in [1.165, 1.54) is 4.57 Å². The third kappa shape index (κ3) is 6.30. The smallest absolute Gasteiger partial charge is 0.388 e. The van der Waals surface area contributed by atoms with Crippen LogP contribution in [0.4, 0.5) is 5.95 Å². The summed E-state index contributed by atoms with van der Waals surface area (Å²) in [5.74, 6) is -1.69. The molecule has 1 aliphatic rings. The number of hydrogen-bond donors (Lipinski definition) is 7. The van der Waals surface area contributed by atoms with Gasteiger partial charge in [-0.15, -0.1) is 0 Å². The standard InChI is InChI=1S/C18H22N6O11P2/c19-18-22-14-12(16(27)23-18)21-8-24(14)17-13(25)10(6-20-15(26)9-4-2-1-3-5-9)11(34-17)7-33-37(31,32)35-36(28,29)30/h1-5,8,10-11,13,17,25H,6-7H2,(H,20,26)(H,31,32)(H2,28,29,30)(H3,19,22,23,27)/t10-,11-,13-,17-/m1/s1. The lowest BCUT2D eigenvalue weighted by Crippen LogP contribution is -2.39. The Labute approximate surface area is 207 Å². The Morgan fingerprint density at radius 1 is 1.24 bits per heavy atom. The van der Waals surface area contributed by atoms with E-state index in [0.717, 1.165) is 6.33 Å². The second-order valence-corrected chi connectivity index (χ2v) is 10.7. The molecule has 5 atom stereocenters. The molecule has 1 fully saturated rings. The first kappa shape index (κ1) is 27.1. The first-order valence-electron chi connectivity index (χ1n) is 10.5. The van der Waals surface area contributed by atoms with Crippen LogP contribution in [0.3, 0.4) is 0 Å². The maximum absolute atomic E-state index is 12.5. The van der Waals surface area contributed by atoms with Gasteiger partial charge in [0.1, 0.15) is 6.10 Å². The third-order valence-corrected chi connectivity index (χ3v) is 7.54. The molecule has 19 heteroatoms. The lowest BCUT2D eigenvalue weighted by atomic mass is 9.98. The van der Waals surface area contributed by atoms with Crippen LogP contribution in [0.5, 0.6) is 0 Å². The van der Waals surface area contributed by atoms with Gasteiger partial charge in [0.15, 0.2) is 17.4 Å². The first-order valence-corrected chi connectivity index (χ1v) is 13.5. The van der Waals surface area contributed by atoms with E-state index in [1.54, 1.807) is 30.3 Å². The quantitative estimate of drug-likeness (QED) is 0.159. The highest BCUT2D eigenvalue weighted by molar-refractivity contribution is 7.60. The predicted molar refractivity (Wildman–Crippen MR) is 124 cm³/mol. The molecule has 1 amide bonds. The van der Waals surface area contributed by atoms with Crippen LogP contribution >= 0.6 is 15.6 Å². The molecular formula is C18H22N6O11P2. The Bertz CT molecular complexity index is 1440. The van der Waals surface area contributed by atoms with Crippen LogP contribution in [0.1, 0.15) is 16.6 Å². The van der Waals surface area contributed by atoms with Crippen molar-refractivity contribution in [1.82, 2.24) is 24.8 Å². The van der Waals surface area contributed by atoms with Gasteiger partial charge in [-0.1, -0.05) is 18.2 Å². The number of aliphatic hydroxyl groups excluding tert-OH is 1. The fraction of sp³-hybridized carbons (Fsp3) is 0.333. The van der Waals surface area contributed by atoms with Crippen LogP contribution in [0, 0.1) is 5.92 Å². The largest absolute Gasteiger partial charge is 0.481 e. The van der Waals surface area contributed by atoms with Crippen molar-refractivity contribution in [3.63, 3.8) is 0 Å². The highest BCUT2D eigenvalue weighted by Gasteiger charge is 2.46. The zero-order valence-corrected chi connectivity index (χ0v) is 20.4. The van der Waals surface area contributed by atoms with E-state index < -0.39 is 58.1 Å². The molecule has 1 saturated heterocycles. The van der Waals surface area contributed by atoms with E-state index in [0.29, 0.717) is 5.56 Å². The summed E-state index contributed by atoms with van der Waals surface area (Å²) in [5, 5.41) is 13.7. The molecule has 4 rings (SSSR count). The number of aliphatic hydroxyl groups is 1. The number of aromatic amines is 1. The van der Waals surface area contributed by atoms with Gasteiger partial charge in [-0.2, -0.15) is 9.29 Å². The summed E-state index contributed by atoms with van der Waals surface area (Å²) in [6.07, 6.45) is -2.73. The molecule has 200 valence electrons. The minimum absolute atomic E-state index is 0.0309. The van der Waals surface area contributed by atoms with Crippen LogP contribution in [0.2, 0.25) is 0 Å². The zero-order valence-electron chi connectivity index (χ0n) is 18.6. The summed E-state index contributed by atoms with van der Waals surface area (Å²) in [5.41, 5.74) is 5.16. The molecule has 1 aromatic carbocycles. The van der Waals surface area contributed by atoms with Crippen molar-refractivity contribution < 1.29 is 47.3 Å². The summed E-state index contributed by atoms with van der Waals surface area (Å²) in [4.78, 5) is 62.1. The highest BCUT2D eigenvalue weighted by Crippen LogP contribution is 2.57. The monoisotopic (exact) mass is 560 g/mol. The average molecular weight is 560 g/mol. The molecule has 2 aromatic heterocycles. The fourth-order valence-corrected chi connectivity index (χ4v) is 5.39. The van der Waals surface area contributed by atoms with Crippen LogP contribution in [0.25, 0.3) is 11.2 Å². The van der Waals surface area contributed by atoms with Crippen LogP contribution in [-0.4, -0.2) is 70.6 Å². The Balaban J connectivity index is 1.59. The Kier molecular flexibility index (Phi) is 7.62. The van der Waals surface area contributed by atoms with Gasteiger partial charge in [-0.25, -0.2) is 14.1 Å². The van der Waals surface area contributed by atoms with Crippen molar-refractivity contribution in [3.8, 4) is 0 Å². The molecule has 0 bridgehead atoms. The van der Waals surface area contributed by atoms with Crippen LogP contribution in [0.15, 0.2) is 41.5 Å². The molecule has 8 N–H and O–H groups in total. The van der Waals surface area contributed by atoms with E-state index in [-0.39, 0.29) is 23.7 Å². The Morgan fingerprint density at radius 3 is 2.62 bits per heavy atom. The van der Waals surface area contributed by atoms with Gasteiger partial charge >= 0.3 is 15.6 Å². The second kappa shape index (κ2) is 10.4. The zero-order chi connectivity index (χ0) is 27.0. The number of nitrogens with one attached hydrogen (secondary N) is 2. The van der Waals surface area contributed by atoms with Crippen molar-refractivity contribution in [3.05, 3.63) is 52.6 Å². The molecule has 1 aliphatic heterocycles. The molecular weight excluding hydrogens is 538 g/mol. The van der Waals surface area contributed by atoms with E-state index in [9.17, 15) is 28.7 Å². The molecule has 0 saturated carbocycles. The maximum atomic E-state index is 12.5. The van der Waals surface area contributed by atoms with E-state index in [1.807, 2.05) is 0 Å². The molecule has 0 radical (unpaired) electrons. The van der Waals surface area contributed by atoms with Gasteiger partial charge in [0, 0.05) is 18.0 Å². The highest BCUT2D eigenvalue weighted by atomic mass is 31.3. The van der Waals surface area contributed by atoms with Crippen molar-refractivity contribution in [2.45, 2.75) is 18.4 Å². The number of imidazole rings is 1. The van der Waals surface area contributed by atoms with Gasteiger partial charge in [0.25, 0.3) is 11.5 Å². The minimum Gasteiger partial charge on any atom is -0.388 e. The molecule has 0 spiro atoms. The summed E-state index contributed by atoms with van der Waals surface area (Å²) in [6.45, 7) is -0.993. The number of nitrogen functional groups attached to an aromatic ring is 1. The van der Waals surface area contributed by atoms with Crippen LogP contribution in [-0.2, 0) is 22.7 Å². The fourth-order valence-electron chi connectivity index (χ4n) is 3.79. The van der Waals surface area contributed by atoms with Crippen LogP contribution < -0.4 is 16.6 Å². The number of aromatic nitrogens is 4. The maximum Gasteiger partial charge on any atom is 0.481 e. The normalized spacial score (nSPS) is 23.7. The lowest BCUT2D eigenvalue weighted by Gasteiger charge is -2.21. The van der Waals surface area contributed by atoms with Crippen molar-refractivity contribution >= 4 is 38.7 Å². The molecule has 1 unspecified atom stereocenters. The third-order valence-electron chi connectivity index (χ3n) is 5.39. The lowest BCUT2D eigenvalue weighted by molar-refractivity contribution is -0.0486. The number of rotatable bonds is 9. The Hall–Kier alpha value is -2.98. The molecule has 3 heterocycles. The number of nitrogens with two attached hydrogens (primary N) is 1. The number of benzene rings is 1. The number of carbonyl (C=O) groups excluding carboxylic acids is 1. The average Bonchev–Trinajstić information content (AvgIpc) is 3.36. The number of fused-ring (bicyclic) bond motifs is 1. The molecule has 3 aromatic rings. The molecule has 17 nitrogen and oxygen atoms in total. The van der Waals surface area contributed by atoms with Gasteiger partial charge in [0.2, 0.25) is 5.95 Å². The summed E-state index contributed by atoms with van der Waals surface area (Å²) >= 11 is 0. The van der Waals surface area contributed by atoms with E-state index >= 15 is 0 Å². The van der Waals surface area contributed by atoms with Crippen molar-refractivity contribution in [2.75, 3.05) is 18.9 Å². The summed E-state index contributed by atoms with van der Waals surface area (Å²) in [6, 6.07) is 8.15. The topological polar surface area (TPSA) is 261 Å². The van der Waals surface area contributed by atoms with Gasteiger partial charge < -0.3 is 35.6 Å². The number of amides is 1. The number of anilines is 1. The minimum atomic E-state index is -5.37. The van der Waals surface area contributed by atoms with Gasteiger partial charge in [-0.05, 0) is 12.1 Å². The number of carbonyl (C=O) groups is 1. The van der Waals surface area contributed by atoms with Crippen molar-refractivity contribution in [2.24, 2.45) is 5.92 Å². The number of nitrogens with zero attached hydrogens (tertiary/aromatic N) is 3.